The van der Waals surface area contributed by atoms with Crippen LogP contribution in [0.1, 0.15) is 5.56 Å². The Bertz CT molecular complexity index is 557. The van der Waals surface area contributed by atoms with Gasteiger partial charge in [-0.2, -0.15) is 0 Å². The van der Waals surface area contributed by atoms with Gasteiger partial charge in [-0.1, -0.05) is 11.6 Å². The minimum Gasteiger partial charge on any atom is -0.497 e. The van der Waals surface area contributed by atoms with Crippen molar-refractivity contribution in [1.82, 2.24) is 4.98 Å². The van der Waals surface area contributed by atoms with E-state index in [0.717, 1.165) is 17.0 Å². The number of aromatic nitrogens is 1. The molecule has 0 saturated carbocycles. The average Bonchev–Trinajstić information content (AvgIpc) is 2.46. The highest BCUT2D eigenvalue weighted by Crippen LogP contribution is 2.29. The van der Waals surface area contributed by atoms with E-state index in [4.69, 9.17) is 22.1 Å². The van der Waals surface area contributed by atoms with Gasteiger partial charge < -0.3 is 15.4 Å². The number of hydrogen-bond donors (Lipinski definition) is 1. The molecule has 0 saturated heterocycles. The molecule has 0 bridgehead atoms. The normalized spacial score (nSPS) is 10.3. The highest BCUT2D eigenvalue weighted by Gasteiger charge is 2.10. The Morgan fingerprint density at radius 3 is 2.53 bits per heavy atom. The van der Waals surface area contributed by atoms with Gasteiger partial charge in [-0.15, -0.1) is 0 Å². The van der Waals surface area contributed by atoms with E-state index in [1.54, 1.807) is 13.3 Å². The fourth-order valence-corrected chi connectivity index (χ4v) is 2.07. The summed E-state index contributed by atoms with van der Waals surface area (Å²) in [6.07, 6.45) is 1.74. The highest BCUT2D eigenvalue weighted by atomic mass is 35.5. The van der Waals surface area contributed by atoms with Crippen molar-refractivity contribution in [2.24, 2.45) is 5.73 Å². The molecule has 0 aliphatic heterocycles. The molecule has 1 heterocycles. The van der Waals surface area contributed by atoms with Crippen molar-refractivity contribution < 1.29 is 4.74 Å². The van der Waals surface area contributed by atoms with Crippen LogP contribution >= 0.6 is 11.6 Å². The number of nitrogens with zero attached hydrogens (tertiary/aromatic N) is 2. The van der Waals surface area contributed by atoms with E-state index >= 15 is 0 Å². The molecule has 0 fully saturated rings. The Balaban J connectivity index is 2.29. The molecule has 0 unspecified atom stereocenters. The third-order valence-electron chi connectivity index (χ3n) is 2.89. The first kappa shape index (κ1) is 13.6. The molecule has 0 aliphatic rings. The maximum absolute atomic E-state index is 6.23. The number of pyridine rings is 1. The van der Waals surface area contributed by atoms with Crippen molar-refractivity contribution in [3.63, 3.8) is 0 Å². The number of benzene rings is 1. The Labute approximate surface area is 117 Å². The number of methoxy groups -OCH3 is 1. The first-order chi connectivity index (χ1) is 9.15. The quantitative estimate of drug-likeness (QED) is 0.933. The SMILES string of the molecule is COc1ccc(N(C)c2ncc(CN)cc2Cl)cc1. The number of ether oxygens (including phenoxy) is 1. The minimum absolute atomic E-state index is 0.430. The van der Waals surface area contributed by atoms with Crippen LogP contribution in [0, 0.1) is 0 Å². The summed E-state index contributed by atoms with van der Waals surface area (Å²) in [6.45, 7) is 0.430. The van der Waals surface area contributed by atoms with Gasteiger partial charge in [-0.25, -0.2) is 4.98 Å². The Kier molecular flexibility index (Phi) is 4.24. The largest absolute Gasteiger partial charge is 0.497 e. The summed E-state index contributed by atoms with van der Waals surface area (Å²) in [5, 5.41) is 0.585. The Morgan fingerprint density at radius 2 is 2.00 bits per heavy atom. The summed E-state index contributed by atoms with van der Waals surface area (Å²) >= 11 is 6.23. The van der Waals surface area contributed by atoms with Gasteiger partial charge in [0.1, 0.15) is 5.75 Å². The molecule has 5 heteroatoms. The van der Waals surface area contributed by atoms with Crippen molar-refractivity contribution in [2.45, 2.75) is 6.54 Å². The summed E-state index contributed by atoms with van der Waals surface area (Å²) in [7, 11) is 3.56. The zero-order chi connectivity index (χ0) is 13.8. The second-order valence-electron chi connectivity index (χ2n) is 4.11. The summed E-state index contributed by atoms with van der Waals surface area (Å²) in [4.78, 5) is 6.27. The van der Waals surface area contributed by atoms with Crippen molar-refractivity contribution in [2.75, 3.05) is 19.1 Å². The van der Waals surface area contributed by atoms with E-state index in [0.29, 0.717) is 17.4 Å². The van der Waals surface area contributed by atoms with E-state index in [9.17, 15) is 0 Å². The summed E-state index contributed by atoms with van der Waals surface area (Å²) < 4.78 is 5.13. The summed E-state index contributed by atoms with van der Waals surface area (Å²) in [5.41, 5.74) is 7.46. The monoisotopic (exact) mass is 277 g/mol. The van der Waals surface area contributed by atoms with Gasteiger partial charge in [0.2, 0.25) is 0 Å². The van der Waals surface area contributed by atoms with Crippen LogP contribution in [0.2, 0.25) is 5.02 Å². The fourth-order valence-electron chi connectivity index (χ4n) is 1.76. The zero-order valence-electron chi connectivity index (χ0n) is 10.9. The maximum Gasteiger partial charge on any atom is 0.151 e. The smallest absolute Gasteiger partial charge is 0.151 e. The third-order valence-corrected chi connectivity index (χ3v) is 3.17. The van der Waals surface area contributed by atoms with Gasteiger partial charge in [-0.3, -0.25) is 0 Å². The van der Waals surface area contributed by atoms with E-state index in [2.05, 4.69) is 4.98 Å². The second-order valence-corrected chi connectivity index (χ2v) is 4.52. The summed E-state index contributed by atoms with van der Waals surface area (Å²) in [6, 6.07) is 9.53. The number of halogens is 1. The number of nitrogens with two attached hydrogens (primary N) is 1. The summed E-state index contributed by atoms with van der Waals surface area (Å²) in [5.74, 6) is 1.51. The second kappa shape index (κ2) is 5.91. The van der Waals surface area contributed by atoms with Crippen LogP contribution in [-0.2, 0) is 6.54 Å². The molecular formula is C14H16ClN3O. The number of rotatable bonds is 4. The van der Waals surface area contributed by atoms with Gasteiger partial charge in [0.25, 0.3) is 0 Å². The Morgan fingerprint density at radius 1 is 1.32 bits per heavy atom. The van der Waals surface area contributed by atoms with Crippen molar-refractivity contribution >= 4 is 23.1 Å². The van der Waals surface area contributed by atoms with E-state index < -0.39 is 0 Å². The van der Waals surface area contributed by atoms with Crippen LogP contribution in [0.4, 0.5) is 11.5 Å². The molecule has 4 nitrogen and oxygen atoms in total. The zero-order valence-corrected chi connectivity index (χ0v) is 11.7. The average molecular weight is 278 g/mol. The first-order valence-corrected chi connectivity index (χ1v) is 6.25. The van der Waals surface area contributed by atoms with Crippen LogP contribution in [0.5, 0.6) is 5.75 Å². The molecule has 0 radical (unpaired) electrons. The molecule has 19 heavy (non-hydrogen) atoms. The van der Waals surface area contributed by atoms with Crippen molar-refractivity contribution in [1.29, 1.82) is 0 Å². The van der Waals surface area contributed by atoms with E-state index in [1.165, 1.54) is 0 Å². The van der Waals surface area contributed by atoms with Crippen LogP contribution in [0.15, 0.2) is 36.5 Å². The molecule has 2 rings (SSSR count). The molecule has 1 aromatic heterocycles. The maximum atomic E-state index is 6.23. The fraction of sp³-hybridized carbons (Fsp3) is 0.214. The minimum atomic E-state index is 0.430. The number of anilines is 2. The van der Waals surface area contributed by atoms with Gasteiger partial charge in [0.15, 0.2) is 5.82 Å². The molecule has 0 amide bonds. The molecule has 100 valence electrons. The van der Waals surface area contributed by atoms with E-state index in [1.807, 2.05) is 42.3 Å². The highest BCUT2D eigenvalue weighted by molar-refractivity contribution is 6.33. The lowest BCUT2D eigenvalue weighted by atomic mass is 10.2. The Hall–Kier alpha value is -1.78. The van der Waals surface area contributed by atoms with Gasteiger partial charge >= 0.3 is 0 Å². The molecule has 1 aromatic carbocycles. The molecule has 0 atom stereocenters. The number of hydrogen-bond acceptors (Lipinski definition) is 4. The third kappa shape index (κ3) is 2.97. The van der Waals surface area contributed by atoms with Gasteiger partial charge in [-0.05, 0) is 35.9 Å². The molecule has 0 aliphatic carbocycles. The molecule has 0 spiro atoms. The first-order valence-electron chi connectivity index (χ1n) is 5.88. The van der Waals surface area contributed by atoms with Crippen molar-refractivity contribution in [3.05, 3.63) is 47.1 Å². The predicted octanol–water partition coefficient (Wildman–Crippen LogP) is 2.97. The van der Waals surface area contributed by atoms with Crippen LogP contribution in [0.3, 0.4) is 0 Å². The standard InChI is InChI=1S/C14H16ClN3O/c1-18(11-3-5-12(19-2)6-4-11)14-13(15)7-10(8-16)9-17-14/h3-7,9H,8,16H2,1-2H3. The van der Waals surface area contributed by atoms with Crippen molar-refractivity contribution in [3.8, 4) is 5.75 Å². The lowest BCUT2D eigenvalue weighted by molar-refractivity contribution is 0.415. The topological polar surface area (TPSA) is 51.4 Å². The van der Waals surface area contributed by atoms with Crippen LogP contribution in [-0.4, -0.2) is 19.1 Å². The predicted molar refractivity (Wildman–Crippen MR) is 78.2 cm³/mol. The van der Waals surface area contributed by atoms with Gasteiger partial charge in [0, 0.05) is 25.5 Å². The molecule has 2 N–H and O–H groups in total. The van der Waals surface area contributed by atoms with Crippen LogP contribution < -0.4 is 15.4 Å². The van der Waals surface area contributed by atoms with Crippen LogP contribution in [0.25, 0.3) is 0 Å². The lowest BCUT2D eigenvalue weighted by Gasteiger charge is -2.20. The lowest BCUT2D eigenvalue weighted by Crippen LogP contribution is -2.12. The molecular weight excluding hydrogens is 262 g/mol. The molecule has 2 aromatic rings. The van der Waals surface area contributed by atoms with E-state index in [-0.39, 0.29) is 0 Å². The van der Waals surface area contributed by atoms with Gasteiger partial charge in [0.05, 0.1) is 12.1 Å².